The molecule has 0 aliphatic carbocycles. The van der Waals surface area contributed by atoms with Crippen LogP contribution in [0.4, 0.5) is 5.00 Å². The first-order valence-electron chi connectivity index (χ1n) is 7.09. The number of amides is 1. The number of esters is 1. The summed E-state index contributed by atoms with van der Waals surface area (Å²) in [7, 11) is -1.41. The average molecular weight is 361 g/mol. The Hall–Kier alpha value is -1.68. The zero-order chi connectivity index (χ0) is 17.2. The van der Waals surface area contributed by atoms with Crippen LogP contribution in [-0.2, 0) is 19.4 Å². The van der Waals surface area contributed by atoms with Crippen molar-refractivity contribution in [3.63, 3.8) is 0 Å². The quantitative estimate of drug-likeness (QED) is 0.727. The number of sulfone groups is 1. The van der Waals surface area contributed by atoms with E-state index in [1.54, 1.807) is 14.0 Å². The molecule has 0 aromatic carbocycles. The summed E-state index contributed by atoms with van der Waals surface area (Å²) < 4.78 is 32.0. The first-order chi connectivity index (χ1) is 10.7. The van der Waals surface area contributed by atoms with Crippen molar-refractivity contribution in [1.29, 1.82) is 0 Å². The summed E-state index contributed by atoms with van der Waals surface area (Å²) in [5, 5.41) is 6.03. The van der Waals surface area contributed by atoms with Crippen molar-refractivity contribution in [3.8, 4) is 0 Å². The van der Waals surface area contributed by atoms with E-state index in [0.717, 1.165) is 11.5 Å². The van der Waals surface area contributed by atoms with Gasteiger partial charge in [0.15, 0.2) is 15.9 Å². The fourth-order valence-electron chi connectivity index (χ4n) is 2.28. The Balaban J connectivity index is 1.95. The molecule has 1 amide bonds. The van der Waals surface area contributed by atoms with Gasteiger partial charge in [0.2, 0.25) is 0 Å². The monoisotopic (exact) mass is 361 g/mol. The van der Waals surface area contributed by atoms with Gasteiger partial charge in [-0.15, -0.1) is 0 Å². The maximum Gasteiger partial charge on any atom is 0.343 e. The van der Waals surface area contributed by atoms with Crippen LogP contribution < -0.4 is 10.6 Å². The van der Waals surface area contributed by atoms with Gasteiger partial charge in [0.1, 0.15) is 10.6 Å². The van der Waals surface area contributed by atoms with Crippen molar-refractivity contribution in [2.45, 2.75) is 32.4 Å². The molecule has 10 heteroatoms. The number of nitrogens with zero attached hydrogens (tertiary/aromatic N) is 1. The van der Waals surface area contributed by atoms with Gasteiger partial charge in [0.25, 0.3) is 5.91 Å². The van der Waals surface area contributed by atoms with Crippen LogP contribution in [0, 0.1) is 6.92 Å². The van der Waals surface area contributed by atoms with E-state index in [0.29, 0.717) is 22.7 Å². The molecule has 1 aliphatic heterocycles. The maximum absolute atomic E-state index is 12.2. The number of nitrogens with one attached hydrogen (secondary N) is 2. The molecule has 2 atom stereocenters. The van der Waals surface area contributed by atoms with Gasteiger partial charge in [0, 0.05) is 13.1 Å². The van der Waals surface area contributed by atoms with Crippen LogP contribution in [0.2, 0.25) is 0 Å². The van der Waals surface area contributed by atoms with Crippen molar-refractivity contribution in [2.75, 3.05) is 23.9 Å². The van der Waals surface area contributed by atoms with Gasteiger partial charge in [-0.1, -0.05) is 0 Å². The molecular weight excluding hydrogens is 342 g/mol. The number of carbonyl (C=O) groups is 2. The van der Waals surface area contributed by atoms with Crippen LogP contribution in [0.5, 0.6) is 0 Å². The van der Waals surface area contributed by atoms with Crippen LogP contribution in [0.3, 0.4) is 0 Å². The number of hydrogen-bond acceptors (Lipinski definition) is 8. The van der Waals surface area contributed by atoms with E-state index in [1.165, 1.54) is 6.92 Å². The van der Waals surface area contributed by atoms with E-state index in [-0.39, 0.29) is 11.5 Å². The van der Waals surface area contributed by atoms with Crippen LogP contribution in [0.25, 0.3) is 0 Å². The third kappa shape index (κ3) is 4.20. The van der Waals surface area contributed by atoms with Crippen molar-refractivity contribution < 1.29 is 22.7 Å². The maximum atomic E-state index is 12.2. The summed E-state index contributed by atoms with van der Waals surface area (Å²) in [5.41, 5.74) is 0.833. The zero-order valence-electron chi connectivity index (χ0n) is 13.1. The predicted molar refractivity (Wildman–Crippen MR) is 86.5 cm³/mol. The lowest BCUT2D eigenvalue weighted by atomic mass is 10.2. The molecular formula is C13H19N3O5S2. The molecule has 2 rings (SSSR count). The molecule has 1 aromatic heterocycles. The number of ether oxygens (including phenoxy) is 1. The highest BCUT2D eigenvalue weighted by Crippen LogP contribution is 2.25. The minimum absolute atomic E-state index is 0.0669. The van der Waals surface area contributed by atoms with E-state index in [9.17, 15) is 18.0 Å². The Kier molecular flexibility index (Phi) is 5.25. The first-order valence-corrected chi connectivity index (χ1v) is 9.69. The molecule has 0 radical (unpaired) electrons. The molecule has 1 aromatic rings. The number of anilines is 1. The standard InChI is InChI=1S/C13H19N3O5S2/c1-7-10(12(14-3)22-16-7)13(18)21-8(2)11(17)15-9-4-5-23(19,20)6-9/h8-9,14H,4-6H2,1-3H3,(H,15,17). The smallest absolute Gasteiger partial charge is 0.343 e. The van der Waals surface area contributed by atoms with Crippen molar-refractivity contribution in [3.05, 3.63) is 11.3 Å². The number of rotatable bonds is 5. The molecule has 23 heavy (non-hydrogen) atoms. The van der Waals surface area contributed by atoms with Gasteiger partial charge in [-0.2, -0.15) is 4.37 Å². The Morgan fingerprint density at radius 1 is 1.43 bits per heavy atom. The fraction of sp³-hybridized carbons (Fsp3) is 0.615. The van der Waals surface area contributed by atoms with E-state index in [4.69, 9.17) is 4.74 Å². The Morgan fingerprint density at radius 3 is 2.70 bits per heavy atom. The summed E-state index contributed by atoms with van der Waals surface area (Å²) in [4.78, 5) is 24.2. The second kappa shape index (κ2) is 6.83. The summed E-state index contributed by atoms with van der Waals surface area (Å²) in [6.07, 6.45) is -0.638. The van der Waals surface area contributed by atoms with Gasteiger partial charge >= 0.3 is 5.97 Å². The summed E-state index contributed by atoms with van der Waals surface area (Å²) in [6, 6.07) is -0.425. The summed E-state index contributed by atoms with van der Waals surface area (Å²) >= 11 is 1.14. The lowest BCUT2D eigenvalue weighted by Crippen LogP contribution is -2.42. The van der Waals surface area contributed by atoms with Crippen LogP contribution in [0.15, 0.2) is 0 Å². The lowest BCUT2D eigenvalue weighted by Gasteiger charge is -2.16. The van der Waals surface area contributed by atoms with Gasteiger partial charge in [-0.25, -0.2) is 13.2 Å². The molecule has 2 N–H and O–H groups in total. The number of aromatic nitrogens is 1. The first kappa shape index (κ1) is 17.7. The van der Waals surface area contributed by atoms with Gasteiger partial charge in [-0.05, 0) is 31.8 Å². The highest BCUT2D eigenvalue weighted by molar-refractivity contribution is 7.91. The lowest BCUT2D eigenvalue weighted by molar-refractivity contribution is -0.129. The zero-order valence-corrected chi connectivity index (χ0v) is 14.7. The van der Waals surface area contributed by atoms with Crippen LogP contribution >= 0.6 is 11.5 Å². The van der Waals surface area contributed by atoms with Gasteiger partial charge < -0.3 is 15.4 Å². The largest absolute Gasteiger partial charge is 0.449 e. The minimum atomic E-state index is -3.08. The SMILES string of the molecule is CNc1snc(C)c1C(=O)OC(C)C(=O)NC1CCS(=O)(=O)C1. The second-order valence-corrected chi connectivity index (χ2v) is 8.38. The highest BCUT2D eigenvalue weighted by atomic mass is 32.2. The molecule has 1 fully saturated rings. The van der Waals surface area contributed by atoms with Crippen molar-refractivity contribution in [1.82, 2.24) is 9.69 Å². The van der Waals surface area contributed by atoms with Crippen molar-refractivity contribution in [2.24, 2.45) is 0 Å². The van der Waals surface area contributed by atoms with E-state index in [2.05, 4.69) is 15.0 Å². The molecule has 128 valence electrons. The second-order valence-electron chi connectivity index (χ2n) is 5.38. The predicted octanol–water partition coefficient (Wildman–Crippen LogP) is 0.342. The highest BCUT2D eigenvalue weighted by Gasteiger charge is 2.31. The molecule has 2 unspecified atom stereocenters. The molecule has 0 saturated carbocycles. The van der Waals surface area contributed by atoms with E-state index < -0.39 is 33.9 Å². The van der Waals surface area contributed by atoms with Gasteiger partial charge in [0.05, 0.1) is 17.2 Å². The molecule has 1 aliphatic rings. The minimum Gasteiger partial charge on any atom is -0.449 e. The number of carbonyl (C=O) groups excluding carboxylic acids is 2. The Bertz CT molecular complexity index is 713. The summed E-state index contributed by atoms with van der Waals surface area (Å²) in [5.74, 6) is -1.15. The third-order valence-corrected chi connectivity index (χ3v) is 6.25. The molecule has 0 bridgehead atoms. The topological polar surface area (TPSA) is 114 Å². The number of aryl methyl sites for hydroxylation is 1. The molecule has 2 heterocycles. The van der Waals surface area contributed by atoms with Crippen molar-refractivity contribution >= 4 is 38.2 Å². The van der Waals surface area contributed by atoms with Crippen LogP contribution in [0.1, 0.15) is 29.4 Å². The Labute approximate surface area is 138 Å². The third-order valence-electron chi connectivity index (χ3n) is 3.53. The summed E-state index contributed by atoms with van der Waals surface area (Å²) in [6.45, 7) is 3.13. The van der Waals surface area contributed by atoms with Gasteiger partial charge in [-0.3, -0.25) is 4.79 Å². The fourth-order valence-corrected chi connectivity index (χ4v) is 4.69. The number of hydrogen-bond donors (Lipinski definition) is 2. The average Bonchev–Trinajstić information content (AvgIpc) is 3.00. The van der Waals surface area contributed by atoms with E-state index in [1.807, 2.05) is 0 Å². The molecule has 1 saturated heterocycles. The molecule has 0 spiro atoms. The molecule has 8 nitrogen and oxygen atoms in total. The normalized spacial score (nSPS) is 20.7. The van der Waals surface area contributed by atoms with Crippen LogP contribution in [-0.4, -0.2) is 55.4 Å². The Morgan fingerprint density at radius 2 is 2.13 bits per heavy atom. The van der Waals surface area contributed by atoms with E-state index >= 15 is 0 Å².